The third-order valence-corrected chi connectivity index (χ3v) is 8.49. The molecule has 7 heteroatoms. The van der Waals surface area contributed by atoms with Crippen molar-refractivity contribution in [1.29, 1.82) is 0 Å². The van der Waals surface area contributed by atoms with Crippen LogP contribution in [0.15, 0.2) is 48.5 Å². The Bertz CT molecular complexity index is 1130. The van der Waals surface area contributed by atoms with Gasteiger partial charge in [0, 0.05) is 26.2 Å². The summed E-state index contributed by atoms with van der Waals surface area (Å²) in [5, 5.41) is -0.355. The van der Waals surface area contributed by atoms with Crippen molar-refractivity contribution < 1.29 is 8.42 Å². The third kappa shape index (κ3) is 3.22. The zero-order chi connectivity index (χ0) is 20.2. The van der Waals surface area contributed by atoms with E-state index in [0.29, 0.717) is 24.9 Å². The molecule has 0 amide bonds. The van der Waals surface area contributed by atoms with Gasteiger partial charge in [-0.05, 0) is 48.9 Å². The molecule has 2 aromatic carbocycles. The van der Waals surface area contributed by atoms with Gasteiger partial charge in [0.2, 0.25) is 16.0 Å². The van der Waals surface area contributed by atoms with Crippen LogP contribution in [0, 0.1) is 11.8 Å². The number of nitrogens with one attached hydrogen (secondary N) is 1. The summed E-state index contributed by atoms with van der Waals surface area (Å²) in [7, 11) is -3.16. The number of rotatable bonds is 4. The molecule has 1 aromatic heterocycles. The molecule has 0 radical (unpaired) electrons. The minimum Gasteiger partial charge on any atom is -0.342 e. The van der Waals surface area contributed by atoms with E-state index in [1.807, 2.05) is 18.2 Å². The molecule has 1 N–H and O–H groups in total. The normalized spacial score (nSPS) is 22.7. The number of sulfonamides is 1. The number of fused-ring (bicyclic) bond motifs is 2. The molecule has 2 unspecified atom stereocenters. The van der Waals surface area contributed by atoms with E-state index in [9.17, 15) is 8.42 Å². The van der Waals surface area contributed by atoms with Gasteiger partial charge in [0.15, 0.2) is 0 Å². The highest BCUT2D eigenvalue weighted by atomic mass is 32.2. The summed E-state index contributed by atoms with van der Waals surface area (Å²) < 4.78 is 26.6. The molecule has 0 saturated carbocycles. The van der Waals surface area contributed by atoms with Crippen molar-refractivity contribution in [3.63, 3.8) is 0 Å². The van der Waals surface area contributed by atoms with Crippen molar-refractivity contribution in [2.75, 3.05) is 31.1 Å². The molecular formula is C22H26N4O2S. The van der Waals surface area contributed by atoms with Crippen LogP contribution in [0.2, 0.25) is 0 Å². The van der Waals surface area contributed by atoms with Gasteiger partial charge in [-0.1, -0.05) is 36.4 Å². The average Bonchev–Trinajstić information content (AvgIpc) is 3.40. The topological polar surface area (TPSA) is 69.3 Å². The Balaban J connectivity index is 1.34. The Kier molecular flexibility index (Phi) is 4.40. The maximum absolute atomic E-state index is 12.5. The summed E-state index contributed by atoms with van der Waals surface area (Å²) in [6.45, 7) is 6.46. The van der Waals surface area contributed by atoms with Crippen LogP contribution in [-0.4, -0.2) is 54.1 Å². The molecule has 5 rings (SSSR count). The zero-order valence-corrected chi connectivity index (χ0v) is 17.6. The highest BCUT2D eigenvalue weighted by Gasteiger charge is 2.45. The lowest BCUT2D eigenvalue weighted by Crippen LogP contribution is -2.37. The lowest BCUT2D eigenvalue weighted by Gasteiger charge is -2.22. The molecule has 2 aliphatic rings. The number of aromatic amines is 1. The number of aromatic nitrogens is 2. The van der Waals surface area contributed by atoms with Crippen LogP contribution in [0.25, 0.3) is 22.2 Å². The van der Waals surface area contributed by atoms with E-state index in [1.165, 1.54) is 11.1 Å². The number of anilines is 1. The fourth-order valence-electron chi connectivity index (χ4n) is 4.59. The second kappa shape index (κ2) is 6.85. The highest BCUT2D eigenvalue weighted by Crippen LogP contribution is 2.35. The summed E-state index contributed by atoms with van der Waals surface area (Å²) in [6, 6.07) is 16.6. The van der Waals surface area contributed by atoms with Gasteiger partial charge in [-0.25, -0.2) is 17.7 Å². The second-order valence-electron chi connectivity index (χ2n) is 8.49. The number of nitrogens with zero attached hydrogens (tertiary/aromatic N) is 3. The van der Waals surface area contributed by atoms with Crippen molar-refractivity contribution >= 4 is 27.0 Å². The molecule has 2 saturated heterocycles. The van der Waals surface area contributed by atoms with Gasteiger partial charge in [-0.2, -0.15) is 0 Å². The maximum Gasteiger partial charge on any atom is 0.216 e. The smallest absolute Gasteiger partial charge is 0.216 e. The Hall–Kier alpha value is -2.38. The first-order valence-corrected chi connectivity index (χ1v) is 11.7. The zero-order valence-electron chi connectivity index (χ0n) is 16.7. The van der Waals surface area contributed by atoms with E-state index in [4.69, 9.17) is 4.98 Å². The van der Waals surface area contributed by atoms with Crippen LogP contribution in [0.5, 0.6) is 0 Å². The molecular weight excluding hydrogens is 384 g/mol. The van der Waals surface area contributed by atoms with Gasteiger partial charge < -0.3 is 9.88 Å². The Morgan fingerprint density at radius 1 is 0.966 bits per heavy atom. The fraction of sp³-hybridized carbons (Fsp3) is 0.409. The van der Waals surface area contributed by atoms with Crippen LogP contribution in [-0.2, 0) is 10.0 Å². The van der Waals surface area contributed by atoms with E-state index in [0.717, 1.165) is 30.1 Å². The number of hydrogen-bond acceptors (Lipinski definition) is 4. The van der Waals surface area contributed by atoms with E-state index < -0.39 is 10.0 Å². The van der Waals surface area contributed by atoms with Gasteiger partial charge in [0.1, 0.15) is 0 Å². The maximum atomic E-state index is 12.5. The van der Waals surface area contributed by atoms with Crippen molar-refractivity contribution in [3.05, 3.63) is 48.5 Å². The molecule has 0 spiro atoms. The fourth-order valence-corrected chi connectivity index (χ4v) is 5.98. The SMILES string of the molecule is CC(C)S(=O)(=O)N1CC2CN(c3nc4ccc(-c5ccccc5)cc4[nH]3)CC2C1. The van der Waals surface area contributed by atoms with Crippen LogP contribution in [0.3, 0.4) is 0 Å². The highest BCUT2D eigenvalue weighted by molar-refractivity contribution is 7.89. The van der Waals surface area contributed by atoms with Gasteiger partial charge in [-0.15, -0.1) is 0 Å². The number of benzene rings is 2. The summed E-state index contributed by atoms with van der Waals surface area (Å²) in [4.78, 5) is 10.5. The summed E-state index contributed by atoms with van der Waals surface area (Å²) in [6.07, 6.45) is 0. The summed E-state index contributed by atoms with van der Waals surface area (Å²) in [5.41, 5.74) is 4.34. The number of hydrogen-bond donors (Lipinski definition) is 1. The predicted molar refractivity (Wildman–Crippen MR) is 116 cm³/mol. The third-order valence-electron chi connectivity index (χ3n) is 6.28. The summed E-state index contributed by atoms with van der Waals surface area (Å²) in [5.74, 6) is 1.63. The Labute approximate surface area is 171 Å². The Morgan fingerprint density at radius 3 is 2.31 bits per heavy atom. The monoisotopic (exact) mass is 410 g/mol. The van der Waals surface area contributed by atoms with Gasteiger partial charge in [-0.3, -0.25) is 0 Å². The van der Waals surface area contributed by atoms with Crippen LogP contribution >= 0.6 is 0 Å². The second-order valence-corrected chi connectivity index (χ2v) is 11.0. The average molecular weight is 411 g/mol. The lowest BCUT2D eigenvalue weighted by atomic mass is 10.0. The van der Waals surface area contributed by atoms with Gasteiger partial charge in [0.25, 0.3) is 0 Å². The largest absolute Gasteiger partial charge is 0.342 e. The van der Waals surface area contributed by atoms with Gasteiger partial charge in [0.05, 0.1) is 16.3 Å². The Morgan fingerprint density at radius 2 is 1.66 bits per heavy atom. The van der Waals surface area contributed by atoms with Crippen LogP contribution in [0.1, 0.15) is 13.8 Å². The predicted octanol–water partition coefficient (Wildman–Crippen LogP) is 3.34. The van der Waals surface area contributed by atoms with E-state index in [1.54, 1.807) is 18.2 Å². The van der Waals surface area contributed by atoms with E-state index >= 15 is 0 Å². The molecule has 152 valence electrons. The lowest BCUT2D eigenvalue weighted by molar-refractivity contribution is 0.446. The molecule has 6 nitrogen and oxygen atoms in total. The molecule has 2 fully saturated rings. The standard InChI is InChI=1S/C22H26N4O2S/c1-15(2)29(27,28)26-13-18-11-25(12-19(18)14-26)22-23-20-9-8-17(10-21(20)24-22)16-6-4-3-5-7-16/h3-10,15,18-19H,11-14H2,1-2H3,(H,23,24). The van der Waals surface area contributed by atoms with Crippen molar-refractivity contribution in [2.45, 2.75) is 19.1 Å². The van der Waals surface area contributed by atoms with Crippen LogP contribution in [0.4, 0.5) is 5.95 Å². The summed E-state index contributed by atoms with van der Waals surface area (Å²) >= 11 is 0. The molecule has 3 heterocycles. The van der Waals surface area contributed by atoms with Crippen LogP contribution < -0.4 is 4.90 Å². The van der Waals surface area contributed by atoms with E-state index in [-0.39, 0.29) is 5.25 Å². The molecule has 0 bridgehead atoms. The first-order chi connectivity index (χ1) is 13.9. The van der Waals surface area contributed by atoms with Crippen molar-refractivity contribution in [1.82, 2.24) is 14.3 Å². The minimum absolute atomic E-state index is 0.355. The molecule has 2 atom stereocenters. The van der Waals surface area contributed by atoms with Gasteiger partial charge >= 0.3 is 0 Å². The molecule has 2 aliphatic heterocycles. The van der Waals surface area contributed by atoms with E-state index in [2.05, 4.69) is 40.2 Å². The quantitative estimate of drug-likeness (QED) is 0.716. The van der Waals surface area contributed by atoms with Crippen molar-refractivity contribution in [2.24, 2.45) is 11.8 Å². The first-order valence-electron chi connectivity index (χ1n) is 10.2. The number of imidazole rings is 1. The number of H-pyrrole nitrogens is 1. The molecule has 29 heavy (non-hydrogen) atoms. The molecule has 3 aromatic rings. The van der Waals surface area contributed by atoms with Crippen molar-refractivity contribution in [3.8, 4) is 11.1 Å². The first kappa shape index (κ1) is 18.6. The minimum atomic E-state index is -3.16. The molecule has 0 aliphatic carbocycles.